The Bertz CT molecular complexity index is 929. The number of hydrogen-bond donors (Lipinski definition) is 0. The average molecular weight is 486 g/mol. The fourth-order valence-corrected chi connectivity index (χ4v) is 4.35. The van der Waals surface area contributed by atoms with Crippen LogP contribution < -0.4 is 0 Å². The Morgan fingerprint density at radius 3 is 2.23 bits per heavy atom. The first kappa shape index (κ1) is 28.1. The van der Waals surface area contributed by atoms with E-state index in [2.05, 4.69) is 6.92 Å². The van der Waals surface area contributed by atoms with Crippen LogP contribution >= 0.6 is 0 Å². The van der Waals surface area contributed by atoms with Gasteiger partial charge in [0.25, 0.3) is 11.8 Å². The van der Waals surface area contributed by atoms with Crippen molar-refractivity contribution in [2.75, 3.05) is 14.2 Å². The van der Waals surface area contributed by atoms with E-state index in [4.69, 9.17) is 14.2 Å². The predicted molar refractivity (Wildman–Crippen MR) is 135 cm³/mol. The second kappa shape index (κ2) is 13.7. The SMILES string of the molecule is CC.CCCCC(C)OC1=C(OC)CCCC(C(CC(=O)OC)N2C(=O)c3ccccc3C2=O)=C1. The zero-order valence-electron chi connectivity index (χ0n) is 21.9. The van der Waals surface area contributed by atoms with Gasteiger partial charge in [-0.15, -0.1) is 0 Å². The number of rotatable bonds is 10. The van der Waals surface area contributed by atoms with Crippen molar-refractivity contribution < 1.29 is 28.6 Å². The first-order valence-corrected chi connectivity index (χ1v) is 12.6. The van der Waals surface area contributed by atoms with Crippen molar-refractivity contribution in [1.82, 2.24) is 4.90 Å². The van der Waals surface area contributed by atoms with Crippen LogP contribution in [-0.2, 0) is 19.0 Å². The highest BCUT2D eigenvalue weighted by Crippen LogP contribution is 2.34. The van der Waals surface area contributed by atoms with Gasteiger partial charge in [0.15, 0.2) is 5.76 Å². The number of allylic oxidation sites excluding steroid dienone is 2. The lowest BCUT2D eigenvalue weighted by molar-refractivity contribution is -0.141. The van der Waals surface area contributed by atoms with Crippen molar-refractivity contribution >= 4 is 17.8 Å². The number of methoxy groups -OCH3 is 2. The molecule has 0 aromatic heterocycles. The van der Waals surface area contributed by atoms with E-state index in [1.807, 2.05) is 26.8 Å². The van der Waals surface area contributed by atoms with Gasteiger partial charge in [0, 0.05) is 6.42 Å². The molecule has 192 valence electrons. The van der Waals surface area contributed by atoms with Gasteiger partial charge in [0.1, 0.15) is 5.76 Å². The number of fused-ring (bicyclic) bond motifs is 1. The molecule has 1 aromatic rings. The number of hydrogen-bond acceptors (Lipinski definition) is 6. The quantitative estimate of drug-likeness (QED) is 0.307. The van der Waals surface area contributed by atoms with Crippen LogP contribution in [0, 0.1) is 0 Å². The van der Waals surface area contributed by atoms with Crippen LogP contribution in [0.4, 0.5) is 0 Å². The lowest BCUT2D eigenvalue weighted by Crippen LogP contribution is -2.42. The molecule has 2 aliphatic rings. The van der Waals surface area contributed by atoms with Crippen LogP contribution in [0.3, 0.4) is 0 Å². The molecule has 2 atom stereocenters. The molecule has 35 heavy (non-hydrogen) atoms. The highest BCUT2D eigenvalue weighted by Gasteiger charge is 2.42. The summed E-state index contributed by atoms with van der Waals surface area (Å²) in [6.45, 7) is 8.15. The van der Waals surface area contributed by atoms with Gasteiger partial charge in [-0.1, -0.05) is 45.7 Å². The number of ether oxygens (including phenoxy) is 3. The summed E-state index contributed by atoms with van der Waals surface area (Å²) in [6, 6.07) is 5.97. The number of unbranched alkanes of at least 4 members (excludes halogenated alkanes) is 1. The largest absolute Gasteiger partial charge is 0.497 e. The van der Waals surface area contributed by atoms with Crippen LogP contribution in [0.1, 0.15) is 93.4 Å². The lowest BCUT2D eigenvalue weighted by atomic mass is 9.97. The summed E-state index contributed by atoms with van der Waals surface area (Å²) in [5, 5.41) is 0. The summed E-state index contributed by atoms with van der Waals surface area (Å²) in [7, 11) is 2.92. The van der Waals surface area contributed by atoms with E-state index in [9.17, 15) is 14.4 Å². The normalized spacial score (nSPS) is 17.0. The number of imide groups is 1. The Kier molecular flexibility index (Phi) is 11.0. The smallest absolute Gasteiger partial charge is 0.307 e. The van der Waals surface area contributed by atoms with Gasteiger partial charge in [-0.2, -0.15) is 0 Å². The maximum atomic E-state index is 13.2. The molecule has 0 spiro atoms. The van der Waals surface area contributed by atoms with Gasteiger partial charge in [0.2, 0.25) is 0 Å². The van der Waals surface area contributed by atoms with Crippen molar-refractivity contribution in [3.05, 3.63) is 58.6 Å². The molecule has 0 bridgehead atoms. The summed E-state index contributed by atoms with van der Waals surface area (Å²) in [6.07, 6.45) is 6.76. The van der Waals surface area contributed by atoms with Gasteiger partial charge in [-0.05, 0) is 50.0 Å². The van der Waals surface area contributed by atoms with Crippen molar-refractivity contribution in [3.8, 4) is 0 Å². The van der Waals surface area contributed by atoms with Crippen molar-refractivity contribution in [3.63, 3.8) is 0 Å². The minimum absolute atomic E-state index is 0.0148. The van der Waals surface area contributed by atoms with E-state index in [0.29, 0.717) is 29.7 Å². The molecule has 7 nitrogen and oxygen atoms in total. The summed E-state index contributed by atoms with van der Waals surface area (Å²) in [5.41, 5.74) is 1.48. The van der Waals surface area contributed by atoms with Crippen LogP contribution in [0.15, 0.2) is 47.4 Å². The fraction of sp³-hybridized carbons (Fsp3) is 0.536. The van der Waals surface area contributed by atoms with E-state index in [-0.39, 0.29) is 12.5 Å². The topological polar surface area (TPSA) is 82.1 Å². The Hall–Kier alpha value is -3.09. The maximum absolute atomic E-state index is 13.2. The van der Waals surface area contributed by atoms with Gasteiger partial charge >= 0.3 is 5.97 Å². The number of amides is 2. The first-order chi connectivity index (χ1) is 16.9. The van der Waals surface area contributed by atoms with Gasteiger partial charge in [0.05, 0.1) is 43.9 Å². The van der Waals surface area contributed by atoms with Crippen LogP contribution in [0.25, 0.3) is 0 Å². The maximum Gasteiger partial charge on any atom is 0.307 e. The Morgan fingerprint density at radius 2 is 1.69 bits per heavy atom. The number of esters is 1. The Morgan fingerprint density at radius 1 is 1.06 bits per heavy atom. The van der Waals surface area contributed by atoms with Crippen LogP contribution in [-0.4, -0.2) is 49.0 Å². The molecule has 0 N–H and O–H groups in total. The highest BCUT2D eigenvalue weighted by molar-refractivity contribution is 6.21. The third-order valence-corrected chi connectivity index (χ3v) is 6.15. The number of benzene rings is 1. The molecule has 0 saturated heterocycles. The van der Waals surface area contributed by atoms with E-state index < -0.39 is 23.8 Å². The number of nitrogens with zero attached hydrogens (tertiary/aromatic N) is 1. The van der Waals surface area contributed by atoms with E-state index in [0.717, 1.165) is 37.0 Å². The predicted octanol–water partition coefficient (Wildman–Crippen LogP) is 5.80. The lowest BCUT2D eigenvalue weighted by Gasteiger charge is -2.28. The number of carbonyl (C=O) groups excluding carboxylic acids is 3. The van der Waals surface area contributed by atoms with E-state index in [1.54, 1.807) is 31.4 Å². The molecule has 1 heterocycles. The van der Waals surface area contributed by atoms with Crippen LogP contribution in [0.2, 0.25) is 0 Å². The van der Waals surface area contributed by atoms with Crippen molar-refractivity contribution in [2.24, 2.45) is 0 Å². The van der Waals surface area contributed by atoms with Crippen molar-refractivity contribution in [2.45, 2.75) is 84.8 Å². The summed E-state index contributed by atoms with van der Waals surface area (Å²) >= 11 is 0. The highest BCUT2D eigenvalue weighted by atomic mass is 16.5. The summed E-state index contributed by atoms with van der Waals surface area (Å²) in [5.74, 6) is 0.0396. The molecule has 1 aromatic carbocycles. The summed E-state index contributed by atoms with van der Waals surface area (Å²) in [4.78, 5) is 39.9. The molecule has 0 radical (unpaired) electrons. The molecule has 0 fully saturated rings. The molecule has 0 saturated carbocycles. The molecule has 1 aliphatic heterocycles. The Labute approximate surface area is 209 Å². The number of carbonyl (C=O) groups is 3. The fourth-order valence-electron chi connectivity index (χ4n) is 4.35. The minimum atomic E-state index is -0.759. The van der Waals surface area contributed by atoms with E-state index >= 15 is 0 Å². The average Bonchev–Trinajstić information content (AvgIpc) is 3.01. The Balaban J connectivity index is 0.00000210. The monoisotopic (exact) mass is 485 g/mol. The van der Waals surface area contributed by atoms with Gasteiger partial charge in [-0.25, -0.2) is 0 Å². The van der Waals surface area contributed by atoms with Crippen LogP contribution in [0.5, 0.6) is 0 Å². The molecule has 3 rings (SSSR count). The zero-order valence-corrected chi connectivity index (χ0v) is 21.9. The second-order valence-electron chi connectivity index (χ2n) is 8.46. The molecule has 2 amide bonds. The third kappa shape index (κ3) is 6.74. The molecule has 1 aliphatic carbocycles. The molecule has 7 heteroatoms. The molecular weight excluding hydrogens is 446 g/mol. The first-order valence-electron chi connectivity index (χ1n) is 12.6. The minimum Gasteiger partial charge on any atom is -0.497 e. The van der Waals surface area contributed by atoms with Gasteiger partial charge < -0.3 is 14.2 Å². The standard InChI is InChI=1S/C26H33NO6.C2H6/c1-5-6-10-17(2)33-23-15-18(11-9-14-22(23)31-3)21(16-24(28)32-4)27-25(29)19-12-7-8-13-20(19)26(27)30;1-2/h7-8,12-13,15,17,21H,5-6,9-11,14,16H2,1-4H3;1-2H3. The van der Waals surface area contributed by atoms with Crippen molar-refractivity contribution in [1.29, 1.82) is 0 Å². The molecule has 2 unspecified atom stereocenters. The summed E-state index contributed by atoms with van der Waals surface area (Å²) < 4.78 is 16.8. The van der Waals surface area contributed by atoms with Gasteiger partial charge in [-0.3, -0.25) is 19.3 Å². The zero-order chi connectivity index (χ0) is 26.0. The second-order valence-corrected chi connectivity index (χ2v) is 8.46. The van der Waals surface area contributed by atoms with E-state index in [1.165, 1.54) is 12.0 Å². The third-order valence-electron chi connectivity index (χ3n) is 6.15. The molecular formula is C28H39NO6.